The van der Waals surface area contributed by atoms with Crippen molar-refractivity contribution in [3.8, 4) is 0 Å². The fourth-order valence-electron chi connectivity index (χ4n) is 5.01. The molecule has 0 bridgehead atoms. The van der Waals surface area contributed by atoms with Crippen LogP contribution in [0.3, 0.4) is 0 Å². The molecule has 2 aromatic rings. The van der Waals surface area contributed by atoms with E-state index in [0.29, 0.717) is 24.9 Å². The summed E-state index contributed by atoms with van der Waals surface area (Å²) in [7, 11) is 0. The van der Waals surface area contributed by atoms with E-state index >= 15 is 0 Å². The topological polar surface area (TPSA) is 105 Å². The summed E-state index contributed by atoms with van der Waals surface area (Å²) in [5.74, 6) is -1.47. The number of halogens is 1. The number of urea groups is 1. The van der Waals surface area contributed by atoms with Crippen LogP contribution in [0.2, 0.25) is 0 Å². The zero-order valence-corrected chi connectivity index (χ0v) is 26.0. The number of ether oxygens (including phenoxy) is 2. The Balaban J connectivity index is 1.55. The minimum atomic E-state index is -1.000. The van der Waals surface area contributed by atoms with E-state index in [1.54, 1.807) is 31.2 Å². The maximum absolute atomic E-state index is 13.3. The van der Waals surface area contributed by atoms with Crippen molar-refractivity contribution in [1.29, 1.82) is 0 Å². The summed E-state index contributed by atoms with van der Waals surface area (Å²) < 4.78 is 11.4. The lowest BCUT2D eigenvalue weighted by Gasteiger charge is -2.22. The van der Waals surface area contributed by atoms with E-state index < -0.39 is 47.9 Å². The third-order valence-electron chi connectivity index (χ3n) is 7.23. The van der Waals surface area contributed by atoms with Crippen molar-refractivity contribution in [2.75, 3.05) is 18.5 Å². The minimum absolute atomic E-state index is 0.0186. The van der Waals surface area contributed by atoms with Crippen LogP contribution >= 0.6 is 11.6 Å². The molecule has 1 aliphatic rings. The Labute approximate surface area is 259 Å². The number of imide groups is 1. The summed E-state index contributed by atoms with van der Waals surface area (Å²) in [5.41, 5.74) is 1.50. The summed E-state index contributed by atoms with van der Waals surface area (Å²) in [5, 5.41) is 2.15. The molecule has 1 aliphatic heterocycles. The molecule has 1 saturated heterocycles. The summed E-state index contributed by atoms with van der Waals surface area (Å²) in [4.78, 5) is 54.0. The number of amides is 4. The second-order valence-electron chi connectivity index (χ2n) is 10.7. The van der Waals surface area contributed by atoms with Crippen LogP contribution in [0.25, 0.3) is 0 Å². The lowest BCUT2D eigenvalue weighted by atomic mass is 10.0. The van der Waals surface area contributed by atoms with Gasteiger partial charge in [-0.25, -0.2) is 4.79 Å². The standard InChI is InChI=1S/C33H44ClN3O6/c1-3-5-6-7-14-19-28(43-30(39)22-29(38)35-27-17-12-9-13-18-27)21-20-26(34)24-36-31(40)32(42-4-2)37(33(36)41)23-25-15-10-8-11-16-25/h8-13,15-18,26,28,32H,3-7,14,19-24H2,1-2H3,(H,35,38). The monoisotopic (exact) mass is 613 g/mol. The Hall–Kier alpha value is -3.43. The molecule has 4 amide bonds. The molecular weight excluding hydrogens is 570 g/mol. The number of carbonyl (C=O) groups is 4. The van der Waals surface area contributed by atoms with Crippen molar-refractivity contribution in [3.63, 3.8) is 0 Å². The molecule has 234 valence electrons. The van der Waals surface area contributed by atoms with Gasteiger partial charge in [0, 0.05) is 18.8 Å². The molecule has 0 aliphatic carbocycles. The van der Waals surface area contributed by atoms with Gasteiger partial charge in [-0.3, -0.25) is 24.2 Å². The van der Waals surface area contributed by atoms with Gasteiger partial charge in [0.15, 0.2) is 0 Å². The van der Waals surface area contributed by atoms with Crippen molar-refractivity contribution in [2.24, 2.45) is 0 Å². The minimum Gasteiger partial charge on any atom is -0.462 e. The summed E-state index contributed by atoms with van der Waals surface area (Å²) in [6.45, 7) is 4.47. The number of esters is 1. The molecule has 9 nitrogen and oxygen atoms in total. The van der Waals surface area contributed by atoms with Gasteiger partial charge < -0.3 is 14.8 Å². The first kappa shape index (κ1) is 34.1. The first-order valence-electron chi connectivity index (χ1n) is 15.3. The lowest BCUT2D eigenvalue weighted by Crippen LogP contribution is -2.37. The van der Waals surface area contributed by atoms with E-state index in [1.165, 1.54) is 4.90 Å². The van der Waals surface area contributed by atoms with Gasteiger partial charge in [-0.15, -0.1) is 11.6 Å². The molecule has 10 heteroatoms. The number of para-hydroxylation sites is 1. The van der Waals surface area contributed by atoms with Crippen molar-refractivity contribution in [1.82, 2.24) is 9.80 Å². The van der Waals surface area contributed by atoms with Crippen LogP contribution in [0.5, 0.6) is 0 Å². The normalized spacial score (nSPS) is 16.3. The summed E-state index contributed by atoms with van der Waals surface area (Å²) in [6, 6.07) is 17.9. The largest absolute Gasteiger partial charge is 0.462 e. The SMILES string of the molecule is CCCCCCCC(CCC(Cl)CN1C(=O)C(OCC)N(Cc2ccccc2)C1=O)OC(=O)CC(=O)Nc1ccccc1. The van der Waals surface area contributed by atoms with E-state index in [4.69, 9.17) is 21.1 Å². The van der Waals surface area contributed by atoms with Crippen LogP contribution in [-0.4, -0.2) is 64.5 Å². The smallest absolute Gasteiger partial charge is 0.329 e. The number of nitrogens with one attached hydrogen (secondary N) is 1. The number of rotatable bonds is 19. The molecule has 0 aromatic heterocycles. The maximum atomic E-state index is 13.3. The van der Waals surface area contributed by atoms with Crippen LogP contribution in [-0.2, 0) is 30.4 Å². The highest BCUT2D eigenvalue weighted by Crippen LogP contribution is 2.25. The van der Waals surface area contributed by atoms with E-state index in [2.05, 4.69) is 12.2 Å². The number of carbonyl (C=O) groups excluding carboxylic acids is 4. The zero-order chi connectivity index (χ0) is 31.0. The Bertz CT molecular complexity index is 1170. The van der Waals surface area contributed by atoms with E-state index in [9.17, 15) is 19.2 Å². The van der Waals surface area contributed by atoms with Crippen LogP contribution in [0.1, 0.15) is 77.2 Å². The van der Waals surface area contributed by atoms with Crippen LogP contribution in [0.4, 0.5) is 10.5 Å². The number of hydrogen-bond acceptors (Lipinski definition) is 6. The molecule has 3 rings (SSSR count). The number of nitrogens with zero attached hydrogens (tertiary/aromatic N) is 2. The van der Waals surface area contributed by atoms with Crippen LogP contribution in [0, 0.1) is 0 Å². The first-order chi connectivity index (χ1) is 20.8. The Morgan fingerprint density at radius 1 is 0.907 bits per heavy atom. The molecule has 0 saturated carbocycles. The molecule has 0 spiro atoms. The highest BCUT2D eigenvalue weighted by molar-refractivity contribution is 6.21. The van der Waals surface area contributed by atoms with Gasteiger partial charge in [0.05, 0.1) is 11.9 Å². The van der Waals surface area contributed by atoms with Crippen LogP contribution in [0.15, 0.2) is 60.7 Å². The lowest BCUT2D eigenvalue weighted by molar-refractivity contribution is -0.151. The predicted octanol–water partition coefficient (Wildman–Crippen LogP) is 6.50. The second-order valence-corrected chi connectivity index (χ2v) is 11.4. The highest BCUT2D eigenvalue weighted by atomic mass is 35.5. The third-order valence-corrected chi connectivity index (χ3v) is 7.59. The number of hydrogen-bond donors (Lipinski definition) is 1. The van der Waals surface area contributed by atoms with E-state index in [1.807, 2.05) is 36.4 Å². The Morgan fingerprint density at radius 2 is 1.58 bits per heavy atom. The second kappa shape index (κ2) is 18.3. The van der Waals surface area contributed by atoms with E-state index in [-0.39, 0.29) is 19.7 Å². The number of unbranched alkanes of at least 4 members (excludes halogenated alkanes) is 4. The van der Waals surface area contributed by atoms with Crippen molar-refractivity contribution >= 4 is 41.1 Å². The van der Waals surface area contributed by atoms with Gasteiger partial charge in [-0.2, -0.15) is 0 Å². The molecule has 3 unspecified atom stereocenters. The summed E-state index contributed by atoms with van der Waals surface area (Å²) >= 11 is 6.67. The molecule has 0 radical (unpaired) electrons. The average Bonchev–Trinajstić information content (AvgIpc) is 3.20. The zero-order valence-electron chi connectivity index (χ0n) is 25.2. The molecule has 1 N–H and O–H groups in total. The number of anilines is 1. The average molecular weight is 614 g/mol. The number of benzene rings is 2. The molecule has 2 aromatic carbocycles. The van der Waals surface area contributed by atoms with Gasteiger partial charge in [0.25, 0.3) is 5.91 Å². The first-order valence-corrected chi connectivity index (χ1v) is 15.7. The molecule has 3 atom stereocenters. The Morgan fingerprint density at radius 3 is 2.26 bits per heavy atom. The Kier molecular flexibility index (Phi) is 14.5. The van der Waals surface area contributed by atoms with Crippen molar-refractivity contribution in [2.45, 2.75) is 95.9 Å². The van der Waals surface area contributed by atoms with Gasteiger partial charge in [0.2, 0.25) is 12.1 Å². The van der Waals surface area contributed by atoms with Gasteiger partial charge in [-0.05, 0) is 50.3 Å². The van der Waals surface area contributed by atoms with Gasteiger partial charge in [0.1, 0.15) is 12.5 Å². The van der Waals surface area contributed by atoms with Crippen molar-refractivity contribution in [3.05, 3.63) is 66.2 Å². The van der Waals surface area contributed by atoms with Gasteiger partial charge >= 0.3 is 12.0 Å². The molecular formula is C33H44ClN3O6. The maximum Gasteiger partial charge on any atom is 0.329 e. The van der Waals surface area contributed by atoms with Gasteiger partial charge in [-0.1, -0.05) is 81.1 Å². The third kappa shape index (κ3) is 11.3. The van der Waals surface area contributed by atoms with Crippen molar-refractivity contribution < 1.29 is 28.7 Å². The van der Waals surface area contributed by atoms with Crippen LogP contribution < -0.4 is 5.32 Å². The fourth-order valence-corrected chi connectivity index (χ4v) is 5.28. The fraction of sp³-hybridized carbons (Fsp3) is 0.515. The molecule has 1 heterocycles. The highest BCUT2D eigenvalue weighted by Gasteiger charge is 2.46. The summed E-state index contributed by atoms with van der Waals surface area (Å²) in [6.07, 6.45) is 5.00. The molecule has 1 fully saturated rings. The number of alkyl halides is 1. The predicted molar refractivity (Wildman–Crippen MR) is 166 cm³/mol. The van der Waals surface area contributed by atoms with E-state index in [0.717, 1.165) is 42.6 Å². The quantitative estimate of drug-likeness (QED) is 0.0637. The molecule has 43 heavy (non-hydrogen) atoms.